The lowest BCUT2D eigenvalue weighted by atomic mass is 10.0. The number of carbonyl (C=O) groups is 1. The molecule has 2 fully saturated rings. The van der Waals surface area contributed by atoms with Gasteiger partial charge in [0.05, 0.1) is 5.69 Å². The molecule has 0 unspecified atom stereocenters. The highest BCUT2D eigenvalue weighted by Crippen LogP contribution is 2.42. The van der Waals surface area contributed by atoms with Gasteiger partial charge in [-0.1, -0.05) is 26.0 Å². The van der Waals surface area contributed by atoms with Crippen molar-refractivity contribution in [3.05, 3.63) is 35.9 Å². The molecule has 1 amide bonds. The van der Waals surface area contributed by atoms with Crippen molar-refractivity contribution in [2.45, 2.75) is 39.5 Å². The van der Waals surface area contributed by atoms with E-state index < -0.39 is 0 Å². The largest absolute Gasteiger partial charge is 0.370 e. The summed E-state index contributed by atoms with van der Waals surface area (Å²) in [5.41, 5.74) is 3.29. The van der Waals surface area contributed by atoms with Gasteiger partial charge < -0.3 is 14.7 Å². The van der Waals surface area contributed by atoms with E-state index in [0.717, 1.165) is 55.2 Å². The quantitative estimate of drug-likeness (QED) is 0.710. The summed E-state index contributed by atoms with van der Waals surface area (Å²) in [5, 5.41) is 2.41. The van der Waals surface area contributed by atoms with Crippen molar-refractivity contribution < 1.29 is 4.79 Å². The molecule has 0 radical (unpaired) electrons. The van der Waals surface area contributed by atoms with Crippen molar-refractivity contribution in [3.8, 4) is 0 Å². The summed E-state index contributed by atoms with van der Waals surface area (Å²) >= 11 is 0. The lowest BCUT2D eigenvalue weighted by molar-refractivity contribution is 0.0992. The maximum absolute atomic E-state index is 13.1. The minimum absolute atomic E-state index is 0.176. The highest BCUT2D eigenvalue weighted by Gasteiger charge is 2.31. The van der Waals surface area contributed by atoms with E-state index >= 15 is 0 Å². The lowest BCUT2D eigenvalue weighted by Crippen LogP contribution is -2.32. The topological polar surface area (TPSA) is 26.8 Å². The zero-order valence-electron chi connectivity index (χ0n) is 17.9. The average molecular weight is 392 g/mol. The monoisotopic (exact) mass is 391 g/mol. The summed E-state index contributed by atoms with van der Waals surface area (Å²) in [6.07, 6.45) is 5.11. The molecule has 0 bridgehead atoms. The second-order valence-corrected chi connectivity index (χ2v) is 9.56. The van der Waals surface area contributed by atoms with E-state index in [1.807, 2.05) is 11.0 Å². The van der Waals surface area contributed by atoms with Crippen molar-refractivity contribution in [3.63, 3.8) is 0 Å². The molecular formula is C25H33N3O. The van der Waals surface area contributed by atoms with Crippen LogP contribution in [0.25, 0.3) is 10.8 Å². The van der Waals surface area contributed by atoms with Gasteiger partial charge >= 0.3 is 0 Å². The number of benzene rings is 2. The fourth-order valence-corrected chi connectivity index (χ4v) is 4.98. The molecule has 29 heavy (non-hydrogen) atoms. The van der Waals surface area contributed by atoms with Crippen LogP contribution in [0.5, 0.6) is 0 Å². The van der Waals surface area contributed by atoms with Gasteiger partial charge in [0.15, 0.2) is 0 Å². The summed E-state index contributed by atoms with van der Waals surface area (Å²) in [7, 11) is 0. The number of amides is 1. The molecule has 5 rings (SSSR count). The Morgan fingerprint density at radius 1 is 1.00 bits per heavy atom. The van der Waals surface area contributed by atoms with Gasteiger partial charge in [-0.15, -0.1) is 0 Å². The molecule has 154 valence electrons. The van der Waals surface area contributed by atoms with Crippen molar-refractivity contribution in [1.29, 1.82) is 0 Å². The number of anilines is 2. The first-order valence-corrected chi connectivity index (χ1v) is 11.5. The van der Waals surface area contributed by atoms with Crippen LogP contribution in [0.2, 0.25) is 0 Å². The van der Waals surface area contributed by atoms with Crippen molar-refractivity contribution in [2.24, 2.45) is 11.8 Å². The van der Waals surface area contributed by atoms with Gasteiger partial charge in [0.1, 0.15) is 0 Å². The van der Waals surface area contributed by atoms with Crippen LogP contribution in [-0.4, -0.2) is 50.1 Å². The van der Waals surface area contributed by atoms with Crippen LogP contribution in [0.1, 0.15) is 49.9 Å². The Morgan fingerprint density at radius 3 is 2.62 bits per heavy atom. The van der Waals surface area contributed by atoms with Gasteiger partial charge in [-0.05, 0) is 62.3 Å². The Kier molecular flexibility index (Phi) is 4.99. The normalized spacial score (nSPS) is 20.2. The molecular weight excluding hydrogens is 358 g/mol. The van der Waals surface area contributed by atoms with Gasteiger partial charge in [-0.3, -0.25) is 4.79 Å². The molecule has 0 aromatic heterocycles. The third-order valence-electron chi connectivity index (χ3n) is 6.83. The molecule has 0 spiro atoms. The van der Waals surface area contributed by atoms with Crippen LogP contribution in [0, 0.1) is 11.8 Å². The van der Waals surface area contributed by atoms with E-state index in [-0.39, 0.29) is 5.91 Å². The molecule has 2 aromatic rings. The maximum Gasteiger partial charge on any atom is 0.258 e. The van der Waals surface area contributed by atoms with Gasteiger partial charge in [0.2, 0.25) is 0 Å². The molecule has 2 heterocycles. The fourth-order valence-electron chi connectivity index (χ4n) is 4.98. The Morgan fingerprint density at radius 2 is 1.83 bits per heavy atom. The van der Waals surface area contributed by atoms with Crippen LogP contribution in [0.4, 0.5) is 11.4 Å². The molecule has 3 aliphatic rings. The van der Waals surface area contributed by atoms with Crippen LogP contribution < -0.4 is 9.80 Å². The molecule has 4 heteroatoms. The van der Waals surface area contributed by atoms with Gasteiger partial charge in [-0.25, -0.2) is 0 Å². The van der Waals surface area contributed by atoms with Crippen molar-refractivity contribution >= 4 is 28.1 Å². The van der Waals surface area contributed by atoms with Crippen molar-refractivity contribution in [2.75, 3.05) is 49.1 Å². The third kappa shape index (κ3) is 3.63. The van der Waals surface area contributed by atoms with E-state index in [1.165, 1.54) is 43.4 Å². The number of hydrogen-bond donors (Lipinski definition) is 0. The zero-order valence-corrected chi connectivity index (χ0v) is 17.9. The number of nitrogens with zero attached hydrogens (tertiary/aromatic N) is 3. The summed E-state index contributed by atoms with van der Waals surface area (Å²) in [6, 6.07) is 10.7. The van der Waals surface area contributed by atoms with Crippen LogP contribution in [0.15, 0.2) is 30.3 Å². The average Bonchev–Trinajstić information content (AvgIpc) is 3.51. The SMILES string of the molecule is CC(C)CCN1C(=O)c2cccc3c(N4CCCN(CC5CC5)CC4)ccc1c23. The smallest absolute Gasteiger partial charge is 0.258 e. The van der Waals surface area contributed by atoms with Gasteiger partial charge in [0, 0.05) is 54.7 Å². The predicted molar refractivity (Wildman–Crippen MR) is 121 cm³/mol. The fraction of sp³-hybridized carbons (Fsp3) is 0.560. The van der Waals surface area contributed by atoms with Crippen LogP contribution in [-0.2, 0) is 0 Å². The summed E-state index contributed by atoms with van der Waals surface area (Å²) in [5.74, 6) is 1.73. The van der Waals surface area contributed by atoms with Crippen LogP contribution >= 0.6 is 0 Å². The summed E-state index contributed by atoms with van der Waals surface area (Å²) in [6.45, 7) is 11.1. The minimum Gasteiger partial charge on any atom is -0.370 e. The molecule has 1 saturated carbocycles. The molecule has 4 nitrogen and oxygen atoms in total. The van der Waals surface area contributed by atoms with E-state index in [2.05, 4.69) is 47.9 Å². The summed E-state index contributed by atoms with van der Waals surface area (Å²) < 4.78 is 0. The third-order valence-corrected chi connectivity index (χ3v) is 6.83. The first kappa shape index (κ1) is 18.9. The van der Waals surface area contributed by atoms with Crippen LogP contribution in [0.3, 0.4) is 0 Å². The number of hydrogen-bond acceptors (Lipinski definition) is 3. The van der Waals surface area contributed by atoms with Gasteiger partial charge in [-0.2, -0.15) is 0 Å². The second kappa shape index (κ2) is 7.64. The first-order chi connectivity index (χ1) is 14.1. The van der Waals surface area contributed by atoms with E-state index in [4.69, 9.17) is 0 Å². The Balaban J connectivity index is 1.44. The highest BCUT2D eigenvalue weighted by molar-refractivity contribution is 6.26. The van der Waals surface area contributed by atoms with Gasteiger partial charge in [0.25, 0.3) is 5.91 Å². The maximum atomic E-state index is 13.1. The molecule has 1 saturated heterocycles. The molecule has 1 aliphatic carbocycles. The molecule has 0 N–H and O–H groups in total. The number of carbonyl (C=O) groups excluding carboxylic acids is 1. The molecule has 2 aromatic carbocycles. The molecule has 0 atom stereocenters. The zero-order chi connectivity index (χ0) is 20.0. The second-order valence-electron chi connectivity index (χ2n) is 9.56. The first-order valence-electron chi connectivity index (χ1n) is 11.5. The predicted octanol–water partition coefficient (Wildman–Crippen LogP) is 4.77. The van der Waals surface area contributed by atoms with E-state index in [1.54, 1.807) is 0 Å². The standard InChI is InChI=1S/C25H33N3O/c1-18(2)11-14-28-23-10-9-22(20-5-3-6-21(24(20)23)25(28)29)27-13-4-12-26(15-16-27)17-19-7-8-19/h3,5-6,9-10,18-19H,4,7-8,11-17H2,1-2H3. The van der Waals surface area contributed by atoms with E-state index in [9.17, 15) is 4.79 Å². The summed E-state index contributed by atoms with van der Waals surface area (Å²) in [4.78, 5) is 20.3. The lowest BCUT2D eigenvalue weighted by Gasteiger charge is -2.26. The number of rotatable bonds is 6. The minimum atomic E-state index is 0.176. The van der Waals surface area contributed by atoms with E-state index in [0.29, 0.717) is 5.92 Å². The molecule has 2 aliphatic heterocycles. The Labute approximate surface area is 174 Å². The highest BCUT2D eigenvalue weighted by atomic mass is 16.2. The van der Waals surface area contributed by atoms with Crippen molar-refractivity contribution in [1.82, 2.24) is 4.90 Å². The Bertz CT molecular complexity index is 918. The Hall–Kier alpha value is -2.07.